The summed E-state index contributed by atoms with van der Waals surface area (Å²) in [6.45, 7) is 2.19. The zero-order valence-electron chi connectivity index (χ0n) is 27.6. The number of thioether (sulfide) groups is 1. The van der Waals surface area contributed by atoms with Crippen LogP contribution in [0.1, 0.15) is 50.5 Å². The number of benzene rings is 1. The van der Waals surface area contributed by atoms with Crippen molar-refractivity contribution in [3.8, 4) is 23.3 Å². The van der Waals surface area contributed by atoms with Gasteiger partial charge in [0.1, 0.15) is 33.9 Å². The van der Waals surface area contributed by atoms with E-state index < -0.39 is 11.6 Å². The number of aromatic nitrogens is 3. The maximum Gasteiger partial charge on any atom is 0.319 e. The van der Waals surface area contributed by atoms with Crippen molar-refractivity contribution < 1.29 is 13.5 Å². The van der Waals surface area contributed by atoms with E-state index in [2.05, 4.69) is 56.6 Å². The standard InChI is InChI=1S/C35H40F2N8OS2/c1-43(2)35(9-4-10-35)18-44(3)32-24-14-40-28(22-7-8-25(36)30-26(22)23(13-38)31(39)48-30)27(37)29(24)41-33(42-32)46-19-34(11-12-34)17-45-20-5-6-21(45)16-47-15-20/h7-8,14,20-21H,4-6,9-12,15-19,39H2,1-3H3. The van der Waals surface area contributed by atoms with Crippen molar-refractivity contribution in [3.63, 3.8) is 0 Å². The quantitative estimate of drug-likeness (QED) is 0.204. The van der Waals surface area contributed by atoms with E-state index in [1.807, 2.05) is 7.05 Å². The molecule has 3 aromatic heterocycles. The summed E-state index contributed by atoms with van der Waals surface area (Å²) >= 11 is 3.05. The van der Waals surface area contributed by atoms with E-state index in [1.54, 1.807) is 6.20 Å². The summed E-state index contributed by atoms with van der Waals surface area (Å²) < 4.78 is 38.3. The molecular formula is C35H40F2N8OS2. The number of anilines is 2. The number of hydrogen-bond acceptors (Lipinski definition) is 11. The fourth-order valence-corrected chi connectivity index (χ4v) is 10.4. The van der Waals surface area contributed by atoms with Crippen LogP contribution in [0.2, 0.25) is 0 Å². The van der Waals surface area contributed by atoms with Gasteiger partial charge in [-0.05, 0) is 71.2 Å². The summed E-state index contributed by atoms with van der Waals surface area (Å²) in [5.41, 5.74) is 6.59. The first kappa shape index (κ1) is 31.9. The van der Waals surface area contributed by atoms with Crippen molar-refractivity contribution in [2.24, 2.45) is 5.41 Å². The fourth-order valence-electron chi connectivity index (χ4n) is 8.01. The predicted molar refractivity (Wildman–Crippen MR) is 189 cm³/mol. The Balaban J connectivity index is 1.18. The van der Waals surface area contributed by atoms with Gasteiger partial charge in [0.2, 0.25) is 0 Å². The lowest BCUT2D eigenvalue weighted by molar-refractivity contribution is 0.0682. The van der Waals surface area contributed by atoms with Crippen LogP contribution in [0.3, 0.4) is 0 Å². The zero-order valence-corrected chi connectivity index (χ0v) is 29.2. The van der Waals surface area contributed by atoms with Crippen LogP contribution >= 0.6 is 23.1 Å². The van der Waals surface area contributed by atoms with Crippen LogP contribution in [0, 0.1) is 28.4 Å². The molecule has 0 radical (unpaired) electrons. The van der Waals surface area contributed by atoms with Gasteiger partial charge in [0.25, 0.3) is 0 Å². The SMILES string of the molecule is CN(CC1(N(C)C)CCC1)c1nc(OCC2(CN3C4CCC3CSC4)CC2)nc2c(F)c(-c3ccc(F)c4sc(N)c(C#N)c34)ncc12. The van der Waals surface area contributed by atoms with Crippen LogP contribution in [0.5, 0.6) is 6.01 Å². The Morgan fingerprint density at radius 2 is 1.85 bits per heavy atom. The van der Waals surface area contributed by atoms with Gasteiger partial charge < -0.3 is 20.3 Å². The van der Waals surface area contributed by atoms with Crippen molar-refractivity contribution in [1.82, 2.24) is 24.8 Å². The van der Waals surface area contributed by atoms with E-state index in [9.17, 15) is 9.65 Å². The highest BCUT2D eigenvalue weighted by atomic mass is 32.2. The molecular weight excluding hydrogens is 651 g/mol. The third-order valence-electron chi connectivity index (χ3n) is 11.3. The number of ether oxygens (including phenoxy) is 1. The molecule has 2 aliphatic heterocycles. The lowest BCUT2D eigenvalue weighted by Gasteiger charge is -2.49. The molecule has 9 nitrogen and oxygen atoms in total. The number of rotatable bonds is 10. The molecule has 13 heteroatoms. The largest absolute Gasteiger partial charge is 0.463 e. The second kappa shape index (κ2) is 11.9. The molecule has 0 spiro atoms. The minimum Gasteiger partial charge on any atom is -0.463 e. The number of nitrogens with zero attached hydrogens (tertiary/aromatic N) is 7. The van der Waals surface area contributed by atoms with Crippen LogP contribution in [0.4, 0.5) is 19.6 Å². The molecule has 8 rings (SSSR count). The molecule has 1 aromatic carbocycles. The van der Waals surface area contributed by atoms with E-state index in [1.165, 1.54) is 36.5 Å². The van der Waals surface area contributed by atoms with E-state index in [0.717, 1.165) is 50.0 Å². The second-order valence-electron chi connectivity index (χ2n) is 14.5. The number of nitriles is 1. The molecule has 0 amide bonds. The molecule has 252 valence electrons. The van der Waals surface area contributed by atoms with Crippen molar-refractivity contribution in [2.45, 2.75) is 62.6 Å². The first-order chi connectivity index (χ1) is 23.1. The molecule has 2 saturated carbocycles. The molecule has 4 fully saturated rings. The Morgan fingerprint density at radius 1 is 1.10 bits per heavy atom. The monoisotopic (exact) mass is 690 g/mol. The summed E-state index contributed by atoms with van der Waals surface area (Å²) in [6.07, 6.45) is 9.61. The lowest BCUT2D eigenvalue weighted by atomic mass is 9.75. The molecule has 2 atom stereocenters. The Hall–Kier alpha value is -3.31. The van der Waals surface area contributed by atoms with Gasteiger partial charge in [-0.3, -0.25) is 9.88 Å². The molecule has 5 heterocycles. The molecule has 2 bridgehead atoms. The normalized spacial score (nSPS) is 22.6. The third kappa shape index (κ3) is 5.27. The summed E-state index contributed by atoms with van der Waals surface area (Å²) in [4.78, 5) is 21.2. The van der Waals surface area contributed by atoms with Crippen molar-refractivity contribution in [1.29, 1.82) is 5.26 Å². The number of pyridine rings is 1. The Morgan fingerprint density at radius 3 is 2.50 bits per heavy atom. The maximum atomic E-state index is 16.8. The molecule has 48 heavy (non-hydrogen) atoms. The summed E-state index contributed by atoms with van der Waals surface area (Å²) in [6, 6.07) is 6.22. The van der Waals surface area contributed by atoms with Gasteiger partial charge in [-0.15, -0.1) is 11.3 Å². The van der Waals surface area contributed by atoms with Gasteiger partial charge in [0.05, 0.1) is 22.3 Å². The summed E-state index contributed by atoms with van der Waals surface area (Å²) in [5.74, 6) is 1.76. The highest BCUT2D eigenvalue weighted by Crippen LogP contribution is 2.49. The van der Waals surface area contributed by atoms with Crippen LogP contribution in [-0.2, 0) is 0 Å². The van der Waals surface area contributed by atoms with Gasteiger partial charge in [-0.25, -0.2) is 8.78 Å². The average molecular weight is 691 g/mol. The van der Waals surface area contributed by atoms with Gasteiger partial charge >= 0.3 is 6.01 Å². The first-order valence-electron chi connectivity index (χ1n) is 16.7. The number of hydrogen-bond donors (Lipinski definition) is 1. The highest BCUT2D eigenvalue weighted by molar-refractivity contribution is 7.99. The van der Waals surface area contributed by atoms with Crippen LogP contribution < -0.4 is 15.4 Å². The zero-order chi connectivity index (χ0) is 33.4. The third-order valence-corrected chi connectivity index (χ3v) is 13.6. The van der Waals surface area contributed by atoms with E-state index >= 15 is 4.39 Å². The molecule has 4 aliphatic rings. The highest BCUT2D eigenvalue weighted by Gasteiger charge is 2.49. The second-order valence-corrected chi connectivity index (χ2v) is 16.6. The van der Waals surface area contributed by atoms with Crippen LogP contribution in [0.25, 0.3) is 32.2 Å². The molecule has 2 N–H and O–H groups in total. The summed E-state index contributed by atoms with van der Waals surface area (Å²) in [7, 11) is 6.18. The topological polar surface area (TPSA) is 107 Å². The molecule has 2 unspecified atom stereocenters. The minimum atomic E-state index is -0.675. The Kier molecular flexibility index (Phi) is 7.94. The Bertz CT molecular complexity index is 1940. The van der Waals surface area contributed by atoms with Gasteiger partial charge in [0, 0.05) is 71.8 Å². The number of nitrogens with two attached hydrogens (primary N) is 1. The molecule has 4 aromatic rings. The first-order valence-corrected chi connectivity index (χ1v) is 18.7. The summed E-state index contributed by atoms with van der Waals surface area (Å²) in [5, 5.41) is 10.8. The van der Waals surface area contributed by atoms with Crippen molar-refractivity contribution >= 4 is 54.9 Å². The van der Waals surface area contributed by atoms with Gasteiger partial charge in [-0.1, -0.05) is 0 Å². The molecule has 2 saturated heterocycles. The Labute approximate surface area is 287 Å². The van der Waals surface area contributed by atoms with E-state index in [0.29, 0.717) is 42.0 Å². The minimum absolute atomic E-state index is 0.00456. The van der Waals surface area contributed by atoms with Crippen molar-refractivity contribution in [3.05, 3.63) is 35.5 Å². The lowest BCUT2D eigenvalue weighted by Crippen LogP contribution is -2.56. The number of thiophene rings is 1. The van der Waals surface area contributed by atoms with Gasteiger partial charge in [0.15, 0.2) is 5.82 Å². The number of nitrogen functional groups attached to an aromatic ring is 1. The number of likely N-dealkylation sites (N-methyl/N-ethyl adjacent to an activating group) is 2. The van der Waals surface area contributed by atoms with Crippen LogP contribution in [0.15, 0.2) is 18.3 Å². The number of fused-ring (bicyclic) bond motifs is 4. The van der Waals surface area contributed by atoms with Crippen LogP contribution in [-0.4, -0.2) is 94.7 Å². The maximum absolute atomic E-state index is 16.8. The van der Waals surface area contributed by atoms with E-state index in [4.69, 9.17) is 15.5 Å². The predicted octanol–water partition coefficient (Wildman–Crippen LogP) is 6.30. The smallest absolute Gasteiger partial charge is 0.319 e. The van der Waals surface area contributed by atoms with Crippen molar-refractivity contribution in [2.75, 3.05) is 63.0 Å². The fraction of sp³-hybridized carbons (Fsp3) is 0.543. The van der Waals surface area contributed by atoms with Gasteiger partial charge in [-0.2, -0.15) is 27.0 Å². The molecule has 2 aliphatic carbocycles. The van der Waals surface area contributed by atoms with E-state index in [-0.39, 0.29) is 48.8 Å². The number of halogens is 2. The average Bonchev–Trinajstić information content (AvgIpc) is 3.68.